The maximum atomic E-state index is 13.1. The van der Waals surface area contributed by atoms with Crippen LogP contribution in [0.15, 0.2) is 24.3 Å². The zero-order valence-electron chi connectivity index (χ0n) is 13.8. The van der Waals surface area contributed by atoms with Gasteiger partial charge in [-0.1, -0.05) is 26.0 Å². The zero-order chi connectivity index (χ0) is 16.8. The Bertz CT molecular complexity index is 489. The summed E-state index contributed by atoms with van der Waals surface area (Å²) in [6.07, 6.45) is 0.792. The van der Waals surface area contributed by atoms with Gasteiger partial charge in [0, 0.05) is 12.6 Å². The molecular formula is C17H27FN2O2. The van der Waals surface area contributed by atoms with E-state index in [0.717, 1.165) is 5.56 Å². The Labute approximate surface area is 132 Å². The van der Waals surface area contributed by atoms with Gasteiger partial charge < -0.3 is 15.7 Å². The van der Waals surface area contributed by atoms with Gasteiger partial charge in [-0.15, -0.1) is 0 Å². The summed E-state index contributed by atoms with van der Waals surface area (Å²) in [5.74, 6) is -0.269. The molecule has 1 rings (SSSR count). The number of carbonyl (C=O) groups is 1. The van der Waals surface area contributed by atoms with Crippen molar-refractivity contribution in [3.05, 3.63) is 35.6 Å². The molecule has 0 aromatic heterocycles. The number of halogens is 1. The SMILES string of the molecule is C[C@H](O)CC(C)(C)CNC(=O)N[C@@H](C)Cc1cccc(F)c1. The molecule has 3 N–H and O–H groups in total. The van der Waals surface area contributed by atoms with Gasteiger partial charge in [0.25, 0.3) is 0 Å². The summed E-state index contributed by atoms with van der Waals surface area (Å²) < 4.78 is 13.1. The van der Waals surface area contributed by atoms with Crippen molar-refractivity contribution < 1.29 is 14.3 Å². The Balaban J connectivity index is 2.38. The highest BCUT2D eigenvalue weighted by molar-refractivity contribution is 5.74. The third-order valence-corrected chi connectivity index (χ3v) is 3.38. The van der Waals surface area contributed by atoms with E-state index in [1.54, 1.807) is 13.0 Å². The van der Waals surface area contributed by atoms with Crippen molar-refractivity contribution in [3.63, 3.8) is 0 Å². The number of aliphatic hydroxyl groups is 1. The quantitative estimate of drug-likeness (QED) is 0.725. The average Bonchev–Trinajstić information content (AvgIpc) is 2.34. The molecule has 0 heterocycles. The molecule has 1 aromatic rings. The molecule has 0 bridgehead atoms. The van der Waals surface area contributed by atoms with E-state index in [1.165, 1.54) is 12.1 Å². The smallest absolute Gasteiger partial charge is 0.315 e. The van der Waals surface area contributed by atoms with Crippen LogP contribution in [0.25, 0.3) is 0 Å². The van der Waals surface area contributed by atoms with Gasteiger partial charge in [0.05, 0.1) is 6.10 Å². The van der Waals surface area contributed by atoms with Gasteiger partial charge in [-0.25, -0.2) is 9.18 Å². The summed E-state index contributed by atoms with van der Waals surface area (Å²) in [7, 11) is 0. The first-order valence-corrected chi connectivity index (χ1v) is 7.65. The van der Waals surface area contributed by atoms with E-state index in [0.29, 0.717) is 19.4 Å². The normalized spacial score (nSPS) is 14.3. The Hall–Kier alpha value is -1.62. The Morgan fingerprint density at radius 2 is 2.05 bits per heavy atom. The van der Waals surface area contributed by atoms with Gasteiger partial charge in [0.15, 0.2) is 0 Å². The van der Waals surface area contributed by atoms with Crippen LogP contribution < -0.4 is 10.6 Å². The highest BCUT2D eigenvalue weighted by atomic mass is 19.1. The van der Waals surface area contributed by atoms with Crippen molar-refractivity contribution in [1.82, 2.24) is 10.6 Å². The molecule has 0 spiro atoms. The number of hydrogen-bond acceptors (Lipinski definition) is 2. The first-order valence-electron chi connectivity index (χ1n) is 7.65. The molecule has 0 aliphatic heterocycles. The van der Waals surface area contributed by atoms with Crippen LogP contribution in [0.3, 0.4) is 0 Å². The summed E-state index contributed by atoms with van der Waals surface area (Å²) in [6.45, 7) is 8.09. The summed E-state index contributed by atoms with van der Waals surface area (Å²) in [5, 5.41) is 15.1. The molecule has 0 unspecified atom stereocenters. The molecule has 0 aliphatic rings. The van der Waals surface area contributed by atoms with Gasteiger partial charge in [-0.2, -0.15) is 0 Å². The van der Waals surface area contributed by atoms with E-state index < -0.39 is 6.10 Å². The molecule has 0 aliphatic carbocycles. The van der Waals surface area contributed by atoms with E-state index >= 15 is 0 Å². The van der Waals surface area contributed by atoms with Crippen molar-refractivity contribution in [3.8, 4) is 0 Å². The molecule has 0 saturated heterocycles. The van der Waals surface area contributed by atoms with Crippen molar-refractivity contribution in [1.29, 1.82) is 0 Å². The maximum absolute atomic E-state index is 13.1. The first-order chi connectivity index (χ1) is 10.2. The topological polar surface area (TPSA) is 61.4 Å². The van der Waals surface area contributed by atoms with Gasteiger partial charge in [-0.05, 0) is 49.8 Å². The number of benzene rings is 1. The maximum Gasteiger partial charge on any atom is 0.315 e. The third kappa shape index (κ3) is 7.41. The second-order valence-electron chi connectivity index (χ2n) is 6.78. The second kappa shape index (κ2) is 8.13. The molecular weight excluding hydrogens is 283 g/mol. The number of hydrogen-bond donors (Lipinski definition) is 3. The number of aliphatic hydroxyl groups excluding tert-OH is 1. The van der Waals surface area contributed by atoms with Crippen LogP contribution in [-0.4, -0.2) is 29.8 Å². The van der Waals surface area contributed by atoms with E-state index in [1.807, 2.05) is 26.8 Å². The Morgan fingerprint density at radius 1 is 1.36 bits per heavy atom. The Morgan fingerprint density at radius 3 is 2.64 bits per heavy atom. The predicted octanol–water partition coefficient (Wildman–Crippen LogP) is 2.85. The summed E-state index contributed by atoms with van der Waals surface area (Å²) in [6, 6.07) is 6.03. The number of rotatable bonds is 7. The summed E-state index contributed by atoms with van der Waals surface area (Å²) in [5.41, 5.74) is 0.680. The molecule has 0 radical (unpaired) electrons. The van der Waals surface area contributed by atoms with Gasteiger partial charge >= 0.3 is 6.03 Å². The minimum atomic E-state index is -0.397. The van der Waals surface area contributed by atoms with Crippen molar-refractivity contribution in [2.24, 2.45) is 5.41 Å². The number of carbonyl (C=O) groups excluding carboxylic acids is 1. The highest BCUT2D eigenvalue weighted by Crippen LogP contribution is 2.20. The largest absolute Gasteiger partial charge is 0.393 e. The summed E-state index contributed by atoms with van der Waals surface area (Å²) in [4.78, 5) is 11.9. The van der Waals surface area contributed by atoms with Crippen molar-refractivity contribution in [2.45, 2.75) is 52.7 Å². The molecule has 0 saturated carbocycles. The minimum absolute atomic E-state index is 0.0957. The molecule has 5 heteroatoms. The molecule has 2 amide bonds. The fourth-order valence-corrected chi connectivity index (χ4v) is 2.53. The number of urea groups is 1. The lowest BCUT2D eigenvalue weighted by molar-refractivity contribution is 0.128. The van der Waals surface area contributed by atoms with Crippen molar-refractivity contribution >= 4 is 6.03 Å². The molecule has 0 fully saturated rings. The van der Waals surface area contributed by atoms with E-state index in [4.69, 9.17) is 0 Å². The number of nitrogens with one attached hydrogen (secondary N) is 2. The fraction of sp³-hybridized carbons (Fsp3) is 0.588. The van der Waals surface area contributed by atoms with E-state index in [2.05, 4.69) is 10.6 Å². The molecule has 1 aromatic carbocycles. The van der Waals surface area contributed by atoms with Gasteiger partial charge in [0.1, 0.15) is 5.82 Å². The van der Waals surface area contributed by atoms with Crippen LogP contribution in [-0.2, 0) is 6.42 Å². The van der Waals surface area contributed by atoms with Gasteiger partial charge in [-0.3, -0.25) is 0 Å². The zero-order valence-corrected chi connectivity index (χ0v) is 13.8. The average molecular weight is 310 g/mol. The Kier molecular flexibility index (Phi) is 6.81. The van der Waals surface area contributed by atoms with Crippen LogP contribution in [0.1, 0.15) is 39.7 Å². The van der Waals surface area contributed by atoms with Crippen molar-refractivity contribution in [2.75, 3.05) is 6.54 Å². The third-order valence-electron chi connectivity index (χ3n) is 3.38. The van der Waals surface area contributed by atoms with Crippen LogP contribution in [0.5, 0.6) is 0 Å². The van der Waals surface area contributed by atoms with Crippen LogP contribution >= 0.6 is 0 Å². The van der Waals surface area contributed by atoms with Crippen LogP contribution in [0, 0.1) is 11.2 Å². The lowest BCUT2D eigenvalue weighted by Gasteiger charge is -2.26. The molecule has 4 nitrogen and oxygen atoms in total. The van der Waals surface area contributed by atoms with Crippen LogP contribution in [0.4, 0.5) is 9.18 Å². The predicted molar refractivity (Wildman–Crippen MR) is 86.2 cm³/mol. The van der Waals surface area contributed by atoms with Crippen LogP contribution in [0.2, 0.25) is 0 Å². The fourth-order valence-electron chi connectivity index (χ4n) is 2.53. The monoisotopic (exact) mass is 310 g/mol. The first kappa shape index (κ1) is 18.4. The lowest BCUT2D eigenvalue weighted by atomic mass is 9.87. The van der Waals surface area contributed by atoms with E-state index in [9.17, 15) is 14.3 Å². The lowest BCUT2D eigenvalue weighted by Crippen LogP contribution is -2.45. The molecule has 22 heavy (non-hydrogen) atoms. The van der Waals surface area contributed by atoms with Gasteiger partial charge in [0.2, 0.25) is 0 Å². The second-order valence-corrected chi connectivity index (χ2v) is 6.78. The summed E-state index contributed by atoms with van der Waals surface area (Å²) >= 11 is 0. The standard InChI is InChI=1S/C17H27FN2O2/c1-12(8-14-6-5-7-15(18)9-14)20-16(22)19-11-17(3,4)10-13(2)21/h5-7,9,12-13,21H,8,10-11H2,1-4H3,(H2,19,20,22)/t12-,13-/m0/s1. The molecule has 124 valence electrons. The van der Waals surface area contributed by atoms with E-state index in [-0.39, 0.29) is 23.3 Å². The number of amides is 2. The highest BCUT2D eigenvalue weighted by Gasteiger charge is 2.21. The minimum Gasteiger partial charge on any atom is -0.393 e. The molecule has 2 atom stereocenters.